The molecule has 1 aromatic heterocycles. The molecule has 1 saturated heterocycles. The molecule has 5 atom stereocenters. The monoisotopic (exact) mass is 578 g/mol. The van der Waals surface area contributed by atoms with Gasteiger partial charge in [-0.25, -0.2) is 14.4 Å². The standard InChI is InChI=1S/C23H39N4O9PS/c1-14(2)35-20(29)16(4)26-37(32,33-9-10-38-21(30)23(5,6)13-28)34-12-17-11-15(3)19(36-17)27-8-7-18(24)25-22(27)31/h7-8,14-17,19,28H,9-13H2,1-6H3,(H,26,32)(H2,24,25,31)/t15?,16-,17+,19-,37-/m1/s1. The van der Waals surface area contributed by atoms with Crippen LogP contribution in [0.15, 0.2) is 17.1 Å². The van der Waals surface area contributed by atoms with E-state index in [1.807, 2.05) is 6.92 Å². The zero-order valence-electron chi connectivity index (χ0n) is 22.6. The van der Waals surface area contributed by atoms with Crippen LogP contribution in [0.5, 0.6) is 0 Å². The predicted octanol–water partition coefficient (Wildman–Crippen LogP) is 2.10. The van der Waals surface area contributed by atoms with Crippen molar-refractivity contribution < 1.29 is 37.8 Å². The molecule has 15 heteroatoms. The maximum Gasteiger partial charge on any atom is 0.406 e. The van der Waals surface area contributed by atoms with Gasteiger partial charge in [-0.3, -0.25) is 23.2 Å². The molecule has 0 spiro atoms. The Morgan fingerprint density at radius 3 is 2.66 bits per heavy atom. The molecule has 1 unspecified atom stereocenters. The lowest BCUT2D eigenvalue weighted by molar-refractivity contribution is -0.149. The van der Waals surface area contributed by atoms with E-state index in [-0.39, 0.29) is 48.5 Å². The number of hydrogen-bond acceptors (Lipinski definition) is 12. The fourth-order valence-electron chi connectivity index (χ4n) is 3.45. The molecule has 0 saturated carbocycles. The third kappa shape index (κ3) is 9.44. The number of nitrogens with zero attached hydrogens (tertiary/aromatic N) is 2. The summed E-state index contributed by atoms with van der Waals surface area (Å²) < 4.78 is 37.2. The Morgan fingerprint density at radius 1 is 1.37 bits per heavy atom. The average molecular weight is 579 g/mol. The summed E-state index contributed by atoms with van der Waals surface area (Å²) in [6.45, 7) is 9.38. The molecule has 0 amide bonds. The van der Waals surface area contributed by atoms with Crippen LogP contribution in [0.2, 0.25) is 0 Å². The molecule has 4 N–H and O–H groups in total. The highest BCUT2D eigenvalue weighted by atomic mass is 32.2. The Hall–Kier alpha value is -1.80. The van der Waals surface area contributed by atoms with Crippen molar-refractivity contribution in [3.05, 3.63) is 22.7 Å². The number of ether oxygens (including phenoxy) is 2. The SMILES string of the molecule is CC(C)OC(=O)[C@@H](C)N[P@@](=O)(OCCSC(=O)C(C)(C)CO)OC[C@@H]1CC(C)[C@H](n2ccc(N)nc2=O)O1. The first-order valence-corrected chi connectivity index (χ1v) is 14.9. The van der Waals surface area contributed by atoms with Gasteiger partial charge in [-0.1, -0.05) is 18.7 Å². The largest absolute Gasteiger partial charge is 0.462 e. The number of thioether (sulfide) groups is 1. The van der Waals surface area contributed by atoms with Crippen LogP contribution in [-0.2, 0) is 32.7 Å². The number of carbonyl (C=O) groups is 2. The molecule has 1 aliphatic heterocycles. The minimum atomic E-state index is -4.06. The maximum absolute atomic E-state index is 13.6. The van der Waals surface area contributed by atoms with Gasteiger partial charge in [0.25, 0.3) is 0 Å². The van der Waals surface area contributed by atoms with E-state index in [0.29, 0.717) is 6.42 Å². The summed E-state index contributed by atoms with van der Waals surface area (Å²) in [5.41, 5.74) is 4.09. The second-order valence-corrected chi connectivity index (χ2v) is 12.9. The molecule has 0 aliphatic carbocycles. The Balaban J connectivity index is 2.05. The average Bonchev–Trinajstić information content (AvgIpc) is 3.20. The molecule has 216 valence electrons. The van der Waals surface area contributed by atoms with Gasteiger partial charge in [0.05, 0.1) is 37.4 Å². The van der Waals surface area contributed by atoms with Crippen molar-refractivity contribution in [2.75, 3.05) is 31.3 Å². The molecule has 0 aromatic carbocycles. The molecule has 1 aromatic rings. The van der Waals surface area contributed by atoms with Gasteiger partial charge in [0.15, 0.2) is 5.12 Å². The topological polar surface area (TPSA) is 181 Å². The summed E-state index contributed by atoms with van der Waals surface area (Å²) in [4.78, 5) is 40.5. The summed E-state index contributed by atoms with van der Waals surface area (Å²) in [6, 6.07) is 0.483. The van der Waals surface area contributed by atoms with Gasteiger partial charge in [0, 0.05) is 17.9 Å². The third-order valence-corrected chi connectivity index (χ3v) is 8.49. The van der Waals surface area contributed by atoms with Gasteiger partial charge >= 0.3 is 19.4 Å². The Kier molecular flexibility index (Phi) is 12.0. The number of aliphatic hydroxyl groups excluding tert-OH is 1. The molecule has 1 aliphatic rings. The van der Waals surface area contributed by atoms with Crippen LogP contribution in [-0.4, -0.2) is 69.6 Å². The summed E-state index contributed by atoms with van der Waals surface area (Å²) in [7, 11) is -4.06. The molecule has 1 fully saturated rings. The summed E-state index contributed by atoms with van der Waals surface area (Å²) in [5.74, 6) is -0.473. The minimum Gasteiger partial charge on any atom is -0.462 e. The summed E-state index contributed by atoms with van der Waals surface area (Å²) in [6.07, 6.45) is 0.477. The molecule has 2 rings (SSSR count). The molecular formula is C23H39N4O9PS. The quantitative estimate of drug-likeness (QED) is 0.166. The van der Waals surface area contributed by atoms with E-state index in [1.54, 1.807) is 27.7 Å². The fraction of sp³-hybridized carbons (Fsp3) is 0.739. The molecule has 2 heterocycles. The normalized spacial score (nSPS) is 22.3. The van der Waals surface area contributed by atoms with Crippen LogP contribution in [0.25, 0.3) is 0 Å². The number of rotatable bonds is 14. The Bertz CT molecular complexity index is 1070. The Labute approximate surface area is 226 Å². The number of nitrogen functional groups attached to an aromatic ring is 1. The first kappa shape index (κ1) is 32.4. The van der Waals surface area contributed by atoms with Crippen LogP contribution in [0, 0.1) is 11.3 Å². The maximum atomic E-state index is 13.6. The molecule has 0 bridgehead atoms. The highest BCUT2D eigenvalue weighted by Gasteiger charge is 2.38. The number of anilines is 1. The zero-order chi connectivity index (χ0) is 28.7. The number of esters is 1. The van der Waals surface area contributed by atoms with Crippen LogP contribution >= 0.6 is 19.5 Å². The predicted molar refractivity (Wildman–Crippen MR) is 142 cm³/mol. The number of hydrogen-bond donors (Lipinski definition) is 3. The highest BCUT2D eigenvalue weighted by molar-refractivity contribution is 8.13. The van der Waals surface area contributed by atoms with Crippen LogP contribution in [0.3, 0.4) is 0 Å². The van der Waals surface area contributed by atoms with Gasteiger partial charge in [0.2, 0.25) is 0 Å². The number of aromatic nitrogens is 2. The Morgan fingerprint density at radius 2 is 2.05 bits per heavy atom. The van der Waals surface area contributed by atoms with Gasteiger partial charge in [0.1, 0.15) is 18.1 Å². The van der Waals surface area contributed by atoms with Gasteiger partial charge in [-0.15, -0.1) is 0 Å². The smallest absolute Gasteiger partial charge is 0.406 e. The highest BCUT2D eigenvalue weighted by Crippen LogP contribution is 2.46. The molecule has 38 heavy (non-hydrogen) atoms. The van der Waals surface area contributed by atoms with Crippen LogP contribution in [0.4, 0.5) is 5.82 Å². The number of aliphatic hydroxyl groups is 1. The molecule has 0 radical (unpaired) electrons. The number of nitrogens with one attached hydrogen (secondary N) is 1. The molecule has 13 nitrogen and oxygen atoms in total. The van der Waals surface area contributed by atoms with Crippen molar-refractivity contribution in [3.63, 3.8) is 0 Å². The van der Waals surface area contributed by atoms with E-state index >= 15 is 0 Å². The number of carbonyl (C=O) groups excluding carboxylic acids is 2. The first-order valence-electron chi connectivity index (χ1n) is 12.3. The van der Waals surface area contributed by atoms with Gasteiger partial charge in [-0.05, 0) is 47.1 Å². The van der Waals surface area contributed by atoms with Gasteiger partial charge in [-0.2, -0.15) is 4.98 Å². The summed E-state index contributed by atoms with van der Waals surface area (Å²) >= 11 is 0.934. The third-order valence-electron chi connectivity index (χ3n) is 5.59. The van der Waals surface area contributed by atoms with Crippen molar-refractivity contribution in [2.45, 2.75) is 72.4 Å². The van der Waals surface area contributed by atoms with Crippen molar-refractivity contribution in [1.29, 1.82) is 0 Å². The zero-order valence-corrected chi connectivity index (χ0v) is 24.3. The van der Waals surface area contributed by atoms with Crippen molar-refractivity contribution in [2.24, 2.45) is 11.3 Å². The second-order valence-electron chi connectivity index (χ2n) is 10.0. The lowest BCUT2D eigenvalue weighted by Crippen LogP contribution is -2.36. The van der Waals surface area contributed by atoms with Crippen LogP contribution in [0.1, 0.15) is 54.2 Å². The minimum absolute atomic E-state index is 0.0859. The number of nitrogens with two attached hydrogens (primary N) is 1. The lowest BCUT2D eigenvalue weighted by atomic mass is 9.97. The van der Waals surface area contributed by atoms with E-state index < -0.39 is 43.2 Å². The van der Waals surface area contributed by atoms with E-state index in [9.17, 15) is 24.1 Å². The van der Waals surface area contributed by atoms with Gasteiger partial charge < -0.3 is 20.3 Å². The van der Waals surface area contributed by atoms with E-state index in [4.69, 9.17) is 24.3 Å². The van der Waals surface area contributed by atoms with E-state index in [2.05, 4.69) is 10.1 Å². The first-order chi connectivity index (χ1) is 17.7. The second kappa shape index (κ2) is 14.0. The van der Waals surface area contributed by atoms with Crippen molar-refractivity contribution in [1.82, 2.24) is 14.6 Å². The summed E-state index contributed by atoms with van der Waals surface area (Å²) in [5, 5.41) is 11.7. The molecular weight excluding hydrogens is 539 g/mol. The van der Waals surface area contributed by atoms with Crippen molar-refractivity contribution >= 4 is 36.4 Å². The lowest BCUT2D eigenvalue weighted by Gasteiger charge is -2.24. The van der Waals surface area contributed by atoms with Crippen molar-refractivity contribution in [3.8, 4) is 0 Å². The van der Waals surface area contributed by atoms with E-state index in [1.165, 1.54) is 23.8 Å². The van der Waals surface area contributed by atoms with Crippen LogP contribution < -0.4 is 16.5 Å². The fourth-order valence-corrected chi connectivity index (χ4v) is 5.88. The van der Waals surface area contributed by atoms with E-state index in [0.717, 1.165) is 11.8 Å².